The van der Waals surface area contributed by atoms with Crippen molar-refractivity contribution in [3.63, 3.8) is 0 Å². The second-order valence-electron chi connectivity index (χ2n) is 5.65. The van der Waals surface area contributed by atoms with Gasteiger partial charge in [0.15, 0.2) is 5.96 Å². The van der Waals surface area contributed by atoms with Gasteiger partial charge in [-0.3, -0.25) is 9.98 Å². The van der Waals surface area contributed by atoms with Crippen molar-refractivity contribution in [1.82, 2.24) is 20.3 Å². The number of hydrogen-bond acceptors (Lipinski definition) is 5. The first kappa shape index (κ1) is 24.9. The van der Waals surface area contributed by atoms with E-state index in [1.807, 2.05) is 24.3 Å². The van der Waals surface area contributed by atoms with E-state index in [-0.39, 0.29) is 35.4 Å². The van der Waals surface area contributed by atoms with Crippen molar-refractivity contribution < 1.29 is 13.2 Å². The number of para-hydroxylation sites is 1. The summed E-state index contributed by atoms with van der Waals surface area (Å²) in [5, 5.41) is 6.24. The number of ether oxygens (including phenoxy) is 1. The van der Waals surface area contributed by atoms with Crippen LogP contribution in [0.5, 0.6) is 5.75 Å². The van der Waals surface area contributed by atoms with Gasteiger partial charge in [-0.2, -0.15) is 0 Å². The number of guanidine groups is 1. The zero-order chi connectivity index (χ0) is 20.2. The van der Waals surface area contributed by atoms with Crippen LogP contribution in [0.1, 0.15) is 5.56 Å². The summed E-state index contributed by atoms with van der Waals surface area (Å²) in [5.41, 5.74) is 0.976. The van der Waals surface area contributed by atoms with Crippen molar-refractivity contribution in [2.24, 2.45) is 4.99 Å². The molecule has 0 saturated heterocycles. The standard InChI is InChI=1S/C19H25N5O3S.HI/c1-3-13-27-18-9-5-4-7-16(18)14-23-19(20-2)22-11-12-24-28(25,26)17-8-6-10-21-15-17;/h3-10,15,24H,1,11-14H2,2H3,(H2,20,22,23);1H. The highest BCUT2D eigenvalue weighted by Crippen LogP contribution is 2.17. The van der Waals surface area contributed by atoms with Crippen LogP contribution in [-0.2, 0) is 16.6 Å². The molecule has 0 aliphatic carbocycles. The van der Waals surface area contributed by atoms with E-state index in [9.17, 15) is 8.42 Å². The topological polar surface area (TPSA) is 105 Å². The van der Waals surface area contributed by atoms with Crippen LogP contribution in [0.25, 0.3) is 0 Å². The highest BCUT2D eigenvalue weighted by atomic mass is 127. The zero-order valence-corrected chi connectivity index (χ0v) is 19.3. The number of aromatic nitrogens is 1. The summed E-state index contributed by atoms with van der Waals surface area (Å²) in [6.07, 6.45) is 4.52. The van der Waals surface area contributed by atoms with Gasteiger partial charge in [0.05, 0.1) is 0 Å². The lowest BCUT2D eigenvalue weighted by Gasteiger charge is -2.14. The van der Waals surface area contributed by atoms with Crippen molar-refractivity contribution in [2.75, 3.05) is 26.7 Å². The molecular formula is C19H26IN5O3S. The Morgan fingerprint density at radius 3 is 2.69 bits per heavy atom. The summed E-state index contributed by atoms with van der Waals surface area (Å²) in [6, 6.07) is 10.8. The third-order valence-corrected chi connectivity index (χ3v) is 5.10. The highest BCUT2D eigenvalue weighted by Gasteiger charge is 2.12. The maximum atomic E-state index is 12.1. The summed E-state index contributed by atoms with van der Waals surface area (Å²) >= 11 is 0. The minimum absolute atomic E-state index is 0. The average molecular weight is 531 g/mol. The van der Waals surface area contributed by atoms with Gasteiger partial charge in [-0.15, -0.1) is 24.0 Å². The van der Waals surface area contributed by atoms with Gasteiger partial charge in [0.2, 0.25) is 10.0 Å². The van der Waals surface area contributed by atoms with Gasteiger partial charge >= 0.3 is 0 Å². The quantitative estimate of drug-likeness (QED) is 0.142. The molecule has 2 rings (SSSR count). The first-order chi connectivity index (χ1) is 13.6. The summed E-state index contributed by atoms with van der Waals surface area (Å²) in [7, 11) is -1.92. The van der Waals surface area contributed by atoms with E-state index in [1.165, 1.54) is 18.5 Å². The van der Waals surface area contributed by atoms with Crippen molar-refractivity contribution in [3.8, 4) is 5.75 Å². The van der Waals surface area contributed by atoms with Crippen LogP contribution in [-0.4, -0.2) is 46.1 Å². The van der Waals surface area contributed by atoms with Gasteiger partial charge in [-0.05, 0) is 18.2 Å². The molecule has 1 aromatic heterocycles. The van der Waals surface area contributed by atoms with E-state index in [1.54, 1.807) is 19.2 Å². The second kappa shape index (κ2) is 13.1. The van der Waals surface area contributed by atoms with Crippen LogP contribution in [0.15, 0.2) is 71.3 Å². The number of benzene rings is 1. The lowest BCUT2D eigenvalue weighted by atomic mass is 10.2. The van der Waals surface area contributed by atoms with Crippen LogP contribution in [0, 0.1) is 0 Å². The van der Waals surface area contributed by atoms with Gasteiger partial charge in [-0.25, -0.2) is 13.1 Å². The SMILES string of the molecule is C=CCOc1ccccc1CNC(=NC)NCCNS(=O)(=O)c1cccnc1.I. The van der Waals surface area contributed by atoms with Gasteiger partial charge in [0.1, 0.15) is 17.3 Å². The summed E-state index contributed by atoms with van der Waals surface area (Å²) < 4.78 is 32.4. The van der Waals surface area contributed by atoms with Crippen molar-refractivity contribution in [1.29, 1.82) is 0 Å². The molecule has 0 aliphatic heterocycles. The Bertz CT molecular complexity index is 892. The minimum atomic E-state index is -3.57. The molecule has 0 saturated carbocycles. The normalized spacial score (nSPS) is 11.3. The monoisotopic (exact) mass is 531 g/mol. The van der Waals surface area contributed by atoms with Gasteiger partial charge in [0.25, 0.3) is 0 Å². The van der Waals surface area contributed by atoms with Crippen LogP contribution in [0.2, 0.25) is 0 Å². The molecule has 29 heavy (non-hydrogen) atoms. The molecule has 8 nitrogen and oxygen atoms in total. The fourth-order valence-electron chi connectivity index (χ4n) is 2.29. The minimum Gasteiger partial charge on any atom is -0.489 e. The van der Waals surface area contributed by atoms with E-state index >= 15 is 0 Å². The molecule has 0 atom stereocenters. The predicted molar refractivity (Wildman–Crippen MR) is 125 cm³/mol. The maximum Gasteiger partial charge on any atom is 0.242 e. The lowest BCUT2D eigenvalue weighted by Crippen LogP contribution is -2.41. The third-order valence-electron chi connectivity index (χ3n) is 3.65. The van der Waals surface area contributed by atoms with E-state index in [2.05, 4.69) is 31.9 Å². The van der Waals surface area contributed by atoms with Crippen molar-refractivity contribution in [3.05, 3.63) is 67.0 Å². The Morgan fingerprint density at radius 2 is 2.00 bits per heavy atom. The molecule has 2 aromatic rings. The number of pyridine rings is 1. The number of aliphatic imine (C=N–C) groups is 1. The van der Waals surface area contributed by atoms with Crippen LogP contribution in [0.4, 0.5) is 0 Å². The number of halogens is 1. The van der Waals surface area contributed by atoms with Crippen LogP contribution < -0.4 is 20.1 Å². The lowest BCUT2D eigenvalue weighted by molar-refractivity contribution is 0.358. The van der Waals surface area contributed by atoms with E-state index in [0.717, 1.165) is 11.3 Å². The van der Waals surface area contributed by atoms with Crippen molar-refractivity contribution >= 4 is 40.0 Å². The Morgan fingerprint density at radius 1 is 1.21 bits per heavy atom. The van der Waals surface area contributed by atoms with Crippen LogP contribution in [0.3, 0.4) is 0 Å². The molecule has 158 valence electrons. The van der Waals surface area contributed by atoms with Gasteiger partial charge in [-0.1, -0.05) is 30.9 Å². The highest BCUT2D eigenvalue weighted by molar-refractivity contribution is 14.0. The Labute approximate surface area is 189 Å². The summed E-state index contributed by atoms with van der Waals surface area (Å²) in [4.78, 5) is 8.09. The molecule has 1 aromatic carbocycles. The van der Waals surface area contributed by atoms with E-state index in [0.29, 0.717) is 25.7 Å². The smallest absolute Gasteiger partial charge is 0.242 e. The molecule has 0 aliphatic rings. The Balaban J connectivity index is 0.00000420. The van der Waals surface area contributed by atoms with Crippen LogP contribution >= 0.6 is 24.0 Å². The third kappa shape index (κ3) is 8.38. The molecular weight excluding hydrogens is 505 g/mol. The molecule has 0 spiro atoms. The fourth-order valence-corrected chi connectivity index (χ4v) is 3.29. The average Bonchev–Trinajstić information content (AvgIpc) is 2.73. The zero-order valence-electron chi connectivity index (χ0n) is 16.2. The first-order valence-electron chi connectivity index (χ1n) is 8.72. The summed E-state index contributed by atoms with van der Waals surface area (Å²) in [5.74, 6) is 1.33. The summed E-state index contributed by atoms with van der Waals surface area (Å²) in [6.45, 7) is 5.16. The largest absolute Gasteiger partial charge is 0.489 e. The number of hydrogen-bond donors (Lipinski definition) is 3. The molecule has 0 fully saturated rings. The molecule has 0 radical (unpaired) electrons. The number of nitrogens with zero attached hydrogens (tertiary/aromatic N) is 2. The predicted octanol–water partition coefficient (Wildman–Crippen LogP) is 1.91. The Hall–Kier alpha value is -2.18. The van der Waals surface area contributed by atoms with E-state index in [4.69, 9.17) is 4.74 Å². The number of rotatable bonds is 10. The van der Waals surface area contributed by atoms with Gasteiger partial charge < -0.3 is 15.4 Å². The molecule has 0 bridgehead atoms. The first-order valence-corrected chi connectivity index (χ1v) is 10.2. The maximum absolute atomic E-state index is 12.1. The number of nitrogens with one attached hydrogen (secondary N) is 3. The number of sulfonamides is 1. The van der Waals surface area contributed by atoms with Gasteiger partial charge in [0, 0.05) is 44.6 Å². The fraction of sp³-hybridized carbons (Fsp3) is 0.263. The van der Waals surface area contributed by atoms with E-state index < -0.39 is 10.0 Å². The molecule has 1 heterocycles. The molecule has 0 unspecified atom stereocenters. The second-order valence-corrected chi connectivity index (χ2v) is 7.41. The molecule has 10 heteroatoms. The molecule has 0 amide bonds. The molecule has 3 N–H and O–H groups in total. The van der Waals surface area contributed by atoms with Crippen molar-refractivity contribution in [2.45, 2.75) is 11.4 Å². The Kier molecular flexibility index (Phi) is 11.2.